The van der Waals surface area contributed by atoms with E-state index in [0.717, 1.165) is 4.47 Å². The van der Waals surface area contributed by atoms with Gasteiger partial charge in [0.25, 0.3) is 0 Å². The SMILES string of the molecule is Fc1cccc(Cl)c1NCc1occc1Br. The van der Waals surface area contributed by atoms with Crippen LogP contribution < -0.4 is 5.32 Å². The first-order valence-corrected chi connectivity index (χ1v) is 5.75. The van der Waals surface area contributed by atoms with E-state index in [0.29, 0.717) is 17.3 Å². The molecule has 1 aromatic carbocycles. The van der Waals surface area contributed by atoms with Crippen LogP contribution >= 0.6 is 27.5 Å². The van der Waals surface area contributed by atoms with E-state index >= 15 is 0 Å². The van der Waals surface area contributed by atoms with Crippen molar-refractivity contribution in [2.24, 2.45) is 0 Å². The molecule has 0 radical (unpaired) electrons. The highest BCUT2D eigenvalue weighted by Crippen LogP contribution is 2.26. The number of halogens is 3. The van der Waals surface area contributed by atoms with Crippen molar-refractivity contribution in [1.82, 2.24) is 0 Å². The summed E-state index contributed by atoms with van der Waals surface area (Å²) in [5.74, 6) is 0.314. The topological polar surface area (TPSA) is 25.2 Å². The first-order chi connectivity index (χ1) is 7.68. The number of para-hydroxylation sites is 1. The van der Waals surface area contributed by atoms with E-state index < -0.39 is 0 Å². The number of nitrogens with one attached hydrogen (secondary N) is 1. The minimum absolute atomic E-state index is 0.285. The van der Waals surface area contributed by atoms with Gasteiger partial charge in [-0.25, -0.2) is 4.39 Å². The maximum atomic E-state index is 13.4. The second-order valence-corrected chi connectivity index (χ2v) is 4.40. The first kappa shape index (κ1) is 11.5. The van der Waals surface area contributed by atoms with E-state index in [4.69, 9.17) is 16.0 Å². The monoisotopic (exact) mass is 303 g/mol. The molecule has 0 aliphatic heterocycles. The second kappa shape index (κ2) is 4.89. The Balaban J connectivity index is 2.14. The van der Waals surface area contributed by atoms with Crippen LogP contribution in [-0.2, 0) is 6.54 Å². The first-order valence-electron chi connectivity index (χ1n) is 4.58. The molecule has 0 bridgehead atoms. The lowest BCUT2D eigenvalue weighted by Gasteiger charge is -2.07. The number of benzene rings is 1. The average molecular weight is 305 g/mol. The third kappa shape index (κ3) is 2.39. The zero-order valence-electron chi connectivity index (χ0n) is 8.14. The molecule has 2 aromatic rings. The van der Waals surface area contributed by atoms with E-state index in [-0.39, 0.29) is 11.5 Å². The molecule has 2 nitrogen and oxygen atoms in total. The molecular formula is C11H8BrClFNO. The summed E-state index contributed by atoms with van der Waals surface area (Å²) in [5.41, 5.74) is 0.285. The fourth-order valence-corrected chi connectivity index (χ4v) is 1.86. The van der Waals surface area contributed by atoms with Crippen molar-refractivity contribution in [3.63, 3.8) is 0 Å². The van der Waals surface area contributed by atoms with Crippen LogP contribution in [-0.4, -0.2) is 0 Å². The van der Waals surface area contributed by atoms with E-state index in [9.17, 15) is 4.39 Å². The Bertz CT molecular complexity index is 480. The van der Waals surface area contributed by atoms with Gasteiger partial charge in [-0.3, -0.25) is 0 Å². The molecule has 2 rings (SSSR count). The quantitative estimate of drug-likeness (QED) is 0.906. The molecule has 0 fully saturated rings. The molecule has 1 aromatic heterocycles. The normalized spacial score (nSPS) is 10.4. The number of anilines is 1. The summed E-state index contributed by atoms with van der Waals surface area (Å²) in [4.78, 5) is 0. The molecule has 0 aliphatic rings. The molecule has 1 N–H and O–H groups in total. The molecule has 16 heavy (non-hydrogen) atoms. The Morgan fingerprint density at radius 2 is 2.19 bits per heavy atom. The summed E-state index contributed by atoms with van der Waals surface area (Å²) in [7, 11) is 0. The molecule has 0 aliphatic carbocycles. The predicted octanol–water partition coefficient (Wildman–Crippen LogP) is 4.45. The summed E-state index contributed by atoms with van der Waals surface area (Å²) in [5, 5.41) is 3.24. The van der Waals surface area contributed by atoms with Gasteiger partial charge in [0.2, 0.25) is 0 Å². The summed E-state index contributed by atoms with van der Waals surface area (Å²) in [6, 6.07) is 6.32. The van der Waals surface area contributed by atoms with Crippen molar-refractivity contribution in [3.05, 3.63) is 51.6 Å². The highest BCUT2D eigenvalue weighted by atomic mass is 79.9. The molecule has 0 amide bonds. The lowest BCUT2D eigenvalue weighted by molar-refractivity contribution is 0.515. The maximum absolute atomic E-state index is 13.4. The minimum Gasteiger partial charge on any atom is -0.466 e. The van der Waals surface area contributed by atoms with Gasteiger partial charge in [-0.15, -0.1) is 0 Å². The van der Waals surface area contributed by atoms with Gasteiger partial charge in [0.05, 0.1) is 28.0 Å². The largest absolute Gasteiger partial charge is 0.466 e. The Labute approximate surface area is 106 Å². The zero-order chi connectivity index (χ0) is 11.5. The fourth-order valence-electron chi connectivity index (χ4n) is 1.29. The van der Waals surface area contributed by atoms with Gasteiger partial charge in [0, 0.05) is 0 Å². The van der Waals surface area contributed by atoms with Gasteiger partial charge in [-0.2, -0.15) is 0 Å². The molecule has 0 saturated carbocycles. The molecule has 5 heteroatoms. The Hall–Kier alpha value is -1.00. The van der Waals surface area contributed by atoms with E-state index in [1.165, 1.54) is 6.07 Å². The van der Waals surface area contributed by atoms with Crippen LogP contribution in [0.4, 0.5) is 10.1 Å². The molecule has 1 heterocycles. The van der Waals surface area contributed by atoms with Crippen LogP contribution in [0.25, 0.3) is 0 Å². The van der Waals surface area contributed by atoms with Gasteiger partial charge in [-0.05, 0) is 34.1 Å². The van der Waals surface area contributed by atoms with Crippen LogP contribution in [0.1, 0.15) is 5.76 Å². The molecule has 0 saturated heterocycles. The van der Waals surface area contributed by atoms with Gasteiger partial charge < -0.3 is 9.73 Å². The van der Waals surface area contributed by atoms with E-state index in [1.54, 1.807) is 24.5 Å². The third-order valence-corrected chi connectivity index (χ3v) is 3.10. The minimum atomic E-state index is -0.379. The van der Waals surface area contributed by atoms with E-state index in [1.807, 2.05) is 0 Å². The maximum Gasteiger partial charge on any atom is 0.147 e. The Kier molecular flexibility index (Phi) is 3.51. The van der Waals surface area contributed by atoms with Crippen molar-refractivity contribution in [2.45, 2.75) is 6.54 Å². The van der Waals surface area contributed by atoms with Crippen LogP contribution in [0.2, 0.25) is 5.02 Å². The second-order valence-electron chi connectivity index (χ2n) is 3.14. The number of hydrogen-bond acceptors (Lipinski definition) is 2. The third-order valence-electron chi connectivity index (χ3n) is 2.08. The number of rotatable bonds is 3. The average Bonchev–Trinajstić information content (AvgIpc) is 2.64. The standard InChI is InChI=1S/C11H8BrClFNO/c12-7-4-5-16-10(7)6-15-11-8(13)2-1-3-9(11)14/h1-5,15H,6H2. The molecule has 0 spiro atoms. The van der Waals surface area contributed by atoms with Crippen molar-refractivity contribution in [2.75, 3.05) is 5.32 Å². The van der Waals surface area contributed by atoms with Crippen LogP contribution in [0.3, 0.4) is 0 Å². The summed E-state index contributed by atoms with van der Waals surface area (Å²) in [6.45, 7) is 0.369. The van der Waals surface area contributed by atoms with Crippen LogP contribution in [0, 0.1) is 5.82 Å². The highest BCUT2D eigenvalue weighted by molar-refractivity contribution is 9.10. The molecule has 84 valence electrons. The van der Waals surface area contributed by atoms with Gasteiger partial charge in [-0.1, -0.05) is 17.7 Å². The lowest BCUT2D eigenvalue weighted by atomic mass is 10.3. The smallest absolute Gasteiger partial charge is 0.147 e. The highest BCUT2D eigenvalue weighted by Gasteiger charge is 2.08. The summed E-state index contributed by atoms with van der Waals surface area (Å²) in [6.07, 6.45) is 1.56. The predicted molar refractivity (Wildman–Crippen MR) is 65.1 cm³/mol. The van der Waals surface area contributed by atoms with Crippen LogP contribution in [0.15, 0.2) is 39.4 Å². The van der Waals surface area contributed by atoms with Gasteiger partial charge in [0.15, 0.2) is 0 Å². The van der Waals surface area contributed by atoms with Crippen LogP contribution in [0.5, 0.6) is 0 Å². The zero-order valence-corrected chi connectivity index (χ0v) is 10.5. The number of furan rings is 1. The van der Waals surface area contributed by atoms with Gasteiger partial charge in [0.1, 0.15) is 11.6 Å². The van der Waals surface area contributed by atoms with Crippen molar-refractivity contribution >= 4 is 33.2 Å². The molecule has 0 atom stereocenters. The lowest BCUT2D eigenvalue weighted by Crippen LogP contribution is -2.01. The fraction of sp³-hybridized carbons (Fsp3) is 0.0909. The molecular weight excluding hydrogens is 296 g/mol. The van der Waals surface area contributed by atoms with Crippen molar-refractivity contribution in [3.8, 4) is 0 Å². The Morgan fingerprint density at radius 1 is 1.38 bits per heavy atom. The van der Waals surface area contributed by atoms with Crippen molar-refractivity contribution in [1.29, 1.82) is 0 Å². The summed E-state index contributed by atoms with van der Waals surface area (Å²) < 4.78 is 19.4. The Morgan fingerprint density at radius 3 is 2.81 bits per heavy atom. The van der Waals surface area contributed by atoms with Gasteiger partial charge >= 0.3 is 0 Å². The van der Waals surface area contributed by atoms with E-state index in [2.05, 4.69) is 21.2 Å². The molecule has 0 unspecified atom stereocenters. The van der Waals surface area contributed by atoms with Crippen molar-refractivity contribution < 1.29 is 8.81 Å². The summed E-state index contributed by atoms with van der Waals surface area (Å²) >= 11 is 9.18. The number of hydrogen-bond donors (Lipinski definition) is 1.